The van der Waals surface area contributed by atoms with Gasteiger partial charge in [0, 0.05) is 5.75 Å². The molecule has 0 amide bonds. The van der Waals surface area contributed by atoms with E-state index in [2.05, 4.69) is 4.72 Å². The third-order valence-corrected chi connectivity index (χ3v) is 5.18. The topological polar surface area (TPSA) is 92.7 Å². The molecule has 0 aromatic carbocycles. The second-order valence-electron chi connectivity index (χ2n) is 4.53. The van der Waals surface area contributed by atoms with Crippen LogP contribution >= 0.6 is 11.8 Å². The third-order valence-electron chi connectivity index (χ3n) is 2.59. The molecule has 1 aliphatic heterocycles. The Morgan fingerprint density at radius 3 is 2.67 bits per heavy atom. The van der Waals surface area contributed by atoms with Crippen LogP contribution in [-0.4, -0.2) is 55.0 Å². The van der Waals surface area contributed by atoms with E-state index in [0.717, 1.165) is 0 Å². The summed E-state index contributed by atoms with van der Waals surface area (Å²) in [5.41, 5.74) is -1.35. The Morgan fingerprint density at radius 2 is 2.22 bits per heavy atom. The molecular weight excluding hydrogens is 278 g/mol. The van der Waals surface area contributed by atoms with Gasteiger partial charge in [-0.3, -0.25) is 4.79 Å². The normalized spacial score (nSPS) is 24.6. The second kappa shape index (κ2) is 6.23. The highest BCUT2D eigenvalue weighted by atomic mass is 32.2. The highest BCUT2D eigenvalue weighted by molar-refractivity contribution is 7.99. The van der Waals surface area contributed by atoms with Gasteiger partial charge in [-0.05, 0) is 26.0 Å². The van der Waals surface area contributed by atoms with E-state index in [1.54, 1.807) is 0 Å². The Bertz CT molecular complexity index is 387. The Hall–Kier alpha value is -0.310. The van der Waals surface area contributed by atoms with Crippen molar-refractivity contribution in [2.75, 3.05) is 23.9 Å². The van der Waals surface area contributed by atoms with Crippen LogP contribution < -0.4 is 4.72 Å². The number of thioether (sulfide) groups is 1. The van der Waals surface area contributed by atoms with Gasteiger partial charge in [0.2, 0.25) is 10.0 Å². The minimum absolute atomic E-state index is 0.0457. The molecule has 1 saturated heterocycles. The molecule has 0 spiro atoms. The molecule has 0 radical (unpaired) electrons. The maximum absolute atomic E-state index is 11.8. The van der Waals surface area contributed by atoms with Gasteiger partial charge in [0.15, 0.2) is 0 Å². The molecule has 1 fully saturated rings. The number of carboxylic acid groups (broad SMARTS) is 1. The molecule has 106 valence electrons. The molecule has 1 aliphatic rings. The van der Waals surface area contributed by atoms with Crippen molar-refractivity contribution < 1.29 is 23.1 Å². The molecule has 6 nitrogen and oxygen atoms in total. The number of nitrogens with one attached hydrogen (secondary N) is 1. The lowest BCUT2D eigenvalue weighted by Gasteiger charge is -2.24. The first-order chi connectivity index (χ1) is 8.27. The minimum atomic E-state index is -3.63. The number of hydrogen-bond donors (Lipinski definition) is 2. The smallest absolute Gasteiger partial charge is 0.325 e. The molecule has 0 aromatic rings. The summed E-state index contributed by atoms with van der Waals surface area (Å²) in [6, 6.07) is 0. The van der Waals surface area contributed by atoms with Gasteiger partial charge in [0.05, 0.1) is 18.5 Å². The van der Waals surface area contributed by atoms with E-state index in [1.165, 1.54) is 11.8 Å². The van der Waals surface area contributed by atoms with E-state index >= 15 is 0 Å². The first-order valence-corrected chi connectivity index (χ1v) is 8.52. The van der Waals surface area contributed by atoms with Crippen LogP contribution in [0.5, 0.6) is 0 Å². The van der Waals surface area contributed by atoms with Crippen molar-refractivity contribution in [2.24, 2.45) is 0 Å². The highest BCUT2D eigenvalue weighted by Gasteiger charge is 2.44. The molecule has 1 atom stereocenters. The number of carbonyl (C=O) groups is 1. The second-order valence-corrected chi connectivity index (χ2v) is 7.48. The van der Waals surface area contributed by atoms with Gasteiger partial charge >= 0.3 is 5.97 Å². The zero-order valence-corrected chi connectivity index (χ0v) is 12.1. The van der Waals surface area contributed by atoms with Crippen LogP contribution in [0.1, 0.15) is 20.3 Å². The van der Waals surface area contributed by atoms with Crippen LogP contribution in [0.3, 0.4) is 0 Å². The molecule has 0 bridgehead atoms. The van der Waals surface area contributed by atoms with Gasteiger partial charge in [-0.25, -0.2) is 8.42 Å². The summed E-state index contributed by atoms with van der Waals surface area (Å²) in [5.74, 6) is -0.407. The monoisotopic (exact) mass is 297 g/mol. The van der Waals surface area contributed by atoms with Crippen LogP contribution in [-0.2, 0) is 19.6 Å². The van der Waals surface area contributed by atoms with E-state index in [9.17, 15) is 13.2 Å². The van der Waals surface area contributed by atoms with Crippen molar-refractivity contribution in [3.8, 4) is 0 Å². The molecule has 0 aromatic heterocycles. The number of ether oxygens (including phenoxy) is 1. The van der Waals surface area contributed by atoms with Crippen molar-refractivity contribution in [2.45, 2.75) is 31.9 Å². The summed E-state index contributed by atoms with van der Waals surface area (Å²) < 4.78 is 31.1. The molecular formula is C10H19NO5S2. The van der Waals surface area contributed by atoms with Crippen LogP contribution in [0.4, 0.5) is 0 Å². The number of rotatable bonds is 7. The largest absolute Gasteiger partial charge is 0.480 e. The number of sulfonamides is 1. The number of hydrogen-bond acceptors (Lipinski definition) is 5. The molecule has 0 saturated carbocycles. The van der Waals surface area contributed by atoms with E-state index in [0.29, 0.717) is 12.2 Å². The minimum Gasteiger partial charge on any atom is -0.480 e. The summed E-state index contributed by atoms with van der Waals surface area (Å²) in [5, 5.41) is 9.17. The van der Waals surface area contributed by atoms with E-state index in [-0.39, 0.29) is 24.2 Å². The van der Waals surface area contributed by atoms with E-state index in [4.69, 9.17) is 9.84 Å². The molecule has 1 rings (SSSR count). The van der Waals surface area contributed by atoms with Gasteiger partial charge in [-0.2, -0.15) is 16.5 Å². The standard InChI is InChI=1S/C10H19NO5S2/c1-8(2)16-4-6-18(14,15)11-10(9(12)13)3-5-17-7-10/h8,11H,3-7H2,1-2H3,(H,12,13). The quantitative estimate of drug-likeness (QED) is 0.702. The first kappa shape index (κ1) is 15.7. The summed E-state index contributed by atoms with van der Waals surface area (Å²) in [6.45, 7) is 3.69. The first-order valence-electron chi connectivity index (χ1n) is 5.72. The fourth-order valence-corrected chi connectivity index (χ4v) is 4.29. The van der Waals surface area contributed by atoms with Crippen LogP contribution in [0, 0.1) is 0 Å². The molecule has 2 N–H and O–H groups in total. The summed E-state index contributed by atoms with van der Waals surface area (Å²) >= 11 is 1.44. The number of carboxylic acids is 1. The SMILES string of the molecule is CC(C)OCCS(=O)(=O)NC1(C(=O)O)CCSC1. The maximum Gasteiger partial charge on any atom is 0.325 e. The fourth-order valence-electron chi connectivity index (χ4n) is 1.60. The Labute approximate surface area is 112 Å². The molecule has 0 aliphatic carbocycles. The Kier molecular flexibility index (Phi) is 5.45. The van der Waals surface area contributed by atoms with E-state index < -0.39 is 21.5 Å². The van der Waals surface area contributed by atoms with E-state index in [1.807, 2.05) is 13.8 Å². The van der Waals surface area contributed by atoms with Gasteiger partial charge < -0.3 is 9.84 Å². The van der Waals surface area contributed by atoms with Crippen molar-refractivity contribution in [3.05, 3.63) is 0 Å². The van der Waals surface area contributed by atoms with Gasteiger partial charge in [0.1, 0.15) is 5.54 Å². The zero-order chi connectivity index (χ0) is 13.8. The van der Waals surface area contributed by atoms with Gasteiger partial charge in [-0.1, -0.05) is 0 Å². The fraction of sp³-hybridized carbons (Fsp3) is 0.900. The lowest BCUT2D eigenvalue weighted by molar-refractivity contribution is -0.142. The summed E-state index contributed by atoms with van der Waals surface area (Å²) in [7, 11) is -3.63. The highest BCUT2D eigenvalue weighted by Crippen LogP contribution is 2.29. The molecule has 18 heavy (non-hydrogen) atoms. The summed E-state index contributed by atoms with van der Waals surface area (Å²) in [4.78, 5) is 11.2. The Morgan fingerprint density at radius 1 is 1.56 bits per heavy atom. The maximum atomic E-state index is 11.8. The Balaban J connectivity index is 2.60. The molecule has 1 unspecified atom stereocenters. The molecule has 1 heterocycles. The van der Waals surface area contributed by atoms with Crippen LogP contribution in [0.15, 0.2) is 0 Å². The predicted molar refractivity (Wildman–Crippen MR) is 70.3 cm³/mol. The van der Waals surface area contributed by atoms with Crippen LogP contribution in [0.2, 0.25) is 0 Å². The van der Waals surface area contributed by atoms with Crippen LogP contribution in [0.25, 0.3) is 0 Å². The average Bonchev–Trinajstić information content (AvgIpc) is 2.65. The summed E-state index contributed by atoms with van der Waals surface area (Å²) in [6.07, 6.45) is 0.271. The van der Waals surface area contributed by atoms with Crippen molar-refractivity contribution in [1.29, 1.82) is 0 Å². The third kappa shape index (κ3) is 4.42. The van der Waals surface area contributed by atoms with Crippen molar-refractivity contribution in [3.63, 3.8) is 0 Å². The van der Waals surface area contributed by atoms with Crippen molar-refractivity contribution >= 4 is 27.8 Å². The lowest BCUT2D eigenvalue weighted by atomic mass is 10.0. The average molecular weight is 297 g/mol. The zero-order valence-electron chi connectivity index (χ0n) is 10.5. The predicted octanol–water partition coefficient (Wildman–Crippen LogP) is 0.291. The number of aliphatic carboxylic acids is 1. The lowest BCUT2D eigenvalue weighted by Crippen LogP contribution is -2.55. The van der Waals surface area contributed by atoms with Gasteiger partial charge in [0.25, 0.3) is 0 Å². The van der Waals surface area contributed by atoms with Gasteiger partial charge in [-0.15, -0.1) is 0 Å². The molecule has 8 heteroatoms. The van der Waals surface area contributed by atoms with Crippen molar-refractivity contribution in [1.82, 2.24) is 4.72 Å².